The fraction of sp³-hybridized carbons (Fsp3) is 0.714. The first-order valence-electron chi connectivity index (χ1n) is 4.09. The highest BCUT2D eigenvalue weighted by Crippen LogP contribution is 1.95. The summed E-state index contributed by atoms with van der Waals surface area (Å²) in [7, 11) is 0. The lowest BCUT2D eigenvalue weighted by Crippen LogP contribution is -1.70. The maximum Gasteiger partial charge on any atom is 0.175 e. The zero-order valence-electron chi connectivity index (χ0n) is 7.50. The van der Waals surface area contributed by atoms with E-state index >= 15 is 0 Å². The van der Waals surface area contributed by atoms with Gasteiger partial charge >= 0.3 is 0 Å². The van der Waals surface area contributed by atoms with Crippen LogP contribution in [-0.2, 0) is 0 Å². The van der Waals surface area contributed by atoms with E-state index in [4.69, 9.17) is 24.4 Å². The molecular formula is C7H14N2S4. The molecule has 1 heterocycles. The summed E-state index contributed by atoms with van der Waals surface area (Å²) < 4.78 is 1.40. The third-order valence-electron chi connectivity index (χ3n) is 1.21. The molecule has 13 heavy (non-hydrogen) atoms. The van der Waals surface area contributed by atoms with E-state index in [2.05, 4.69) is 29.7 Å². The molecule has 1 aromatic rings. The highest BCUT2D eigenvalue weighted by molar-refractivity contribution is 7.80. The Hall–Kier alpha value is 0.350. The van der Waals surface area contributed by atoms with Gasteiger partial charge in [-0.05, 0) is 36.6 Å². The highest BCUT2D eigenvalue weighted by atomic mass is 32.2. The van der Waals surface area contributed by atoms with Crippen molar-refractivity contribution in [3.8, 4) is 0 Å². The normalized spacial score (nSPS) is 9.08. The molecule has 0 aliphatic carbocycles. The molecule has 0 unspecified atom stereocenters. The molecule has 1 rings (SSSR count). The first-order valence-corrected chi connectivity index (χ1v) is 6.36. The van der Waals surface area contributed by atoms with Crippen LogP contribution in [0.15, 0.2) is 0 Å². The Bertz CT molecular complexity index is 269. The molecule has 0 bridgehead atoms. The van der Waals surface area contributed by atoms with E-state index in [1.807, 2.05) is 0 Å². The van der Waals surface area contributed by atoms with Gasteiger partial charge < -0.3 is 0 Å². The quantitative estimate of drug-likeness (QED) is 0.433. The monoisotopic (exact) mass is 254 g/mol. The predicted octanol–water partition coefficient (Wildman–Crippen LogP) is 3.97. The standard InChI is InChI=1S/C5H12S.C2H2N2S3/c1-2-3-4-5-6;5-1-3-4-2(6)7-1/h6H,2-5H2,1H3;(H,3,5)(H,4,6). The number of nitrogens with one attached hydrogen (secondary N) is 2. The zero-order valence-corrected chi connectivity index (χ0v) is 10.8. The summed E-state index contributed by atoms with van der Waals surface area (Å²) in [6.45, 7) is 2.20. The van der Waals surface area contributed by atoms with Crippen molar-refractivity contribution in [3.05, 3.63) is 7.91 Å². The molecule has 2 N–H and O–H groups in total. The number of unbranched alkanes of at least 4 members (excludes halogenated alkanes) is 2. The molecule has 76 valence electrons. The number of hydrogen-bond acceptors (Lipinski definition) is 4. The molecule has 6 heteroatoms. The third kappa shape index (κ3) is 8.67. The molecule has 0 aromatic carbocycles. The molecule has 0 amide bonds. The summed E-state index contributed by atoms with van der Waals surface area (Å²) in [5.41, 5.74) is 0. The average molecular weight is 254 g/mol. The Kier molecular flexibility index (Phi) is 9.17. The van der Waals surface area contributed by atoms with E-state index in [1.54, 1.807) is 0 Å². The van der Waals surface area contributed by atoms with Gasteiger partial charge in [-0.2, -0.15) is 12.6 Å². The fourth-order valence-corrected chi connectivity index (χ4v) is 1.96. The van der Waals surface area contributed by atoms with Gasteiger partial charge in [0.25, 0.3) is 0 Å². The number of aromatic amines is 2. The van der Waals surface area contributed by atoms with Crippen LogP contribution in [0.5, 0.6) is 0 Å². The molecule has 2 nitrogen and oxygen atoms in total. The van der Waals surface area contributed by atoms with E-state index in [1.165, 1.54) is 30.6 Å². The van der Waals surface area contributed by atoms with Crippen molar-refractivity contribution in [3.63, 3.8) is 0 Å². The van der Waals surface area contributed by atoms with E-state index in [-0.39, 0.29) is 0 Å². The number of hydrogen-bond donors (Lipinski definition) is 3. The Morgan fingerprint density at radius 2 is 1.77 bits per heavy atom. The van der Waals surface area contributed by atoms with Gasteiger partial charge in [-0.1, -0.05) is 31.1 Å². The SMILES string of the molecule is CCCCCS.S=c1[nH][nH]c(=S)s1. The molecule has 0 saturated heterocycles. The van der Waals surface area contributed by atoms with Gasteiger partial charge in [0, 0.05) is 0 Å². The maximum atomic E-state index is 4.70. The summed E-state index contributed by atoms with van der Waals surface area (Å²) in [6, 6.07) is 0. The Balaban J connectivity index is 0.000000226. The largest absolute Gasteiger partial charge is 0.281 e. The number of aromatic nitrogens is 2. The van der Waals surface area contributed by atoms with Gasteiger partial charge in [-0.15, -0.1) is 0 Å². The van der Waals surface area contributed by atoms with Gasteiger partial charge in [0.05, 0.1) is 0 Å². The van der Waals surface area contributed by atoms with Crippen molar-refractivity contribution in [1.82, 2.24) is 10.2 Å². The van der Waals surface area contributed by atoms with E-state index in [0.717, 1.165) is 5.75 Å². The molecule has 1 aromatic heterocycles. The smallest absolute Gasteiger partial charge is 0.175 e. The van der Waals surface area contributed by atoms with Gasteiger partial charge in [-0.25, -0.2) is 0 Å². The van der Waals surface area contributed by atoms with E-state index in [9.17, 15) is 0 Å². The second-order valence-electron chi connectivity index (χ2n) is 2.36. The van der Waals surface area contributed by atoms with Crippen molar-refractivity contribution in [2.24, 2.45) is 0 Å². The van der Waals surface area contributed by atoms with Gasteiger partial charge in [0.1, 0.15) is 0 Å². The summed E-state index contributed by atoms with van der Waals surface area (Å²) in [5, 5.41) is 5.34. The van der Waals surface area contributed by atoms with Crippen LogP contribution in [0.3, 0.4) is 0 Å². The van der Waals surface area contributed by atoms with Crippen LogP contribution >= 0.6 is 48.4 Å². The van der Waals surface area contributed by atoms with Crippen LogP contribution in [0.25, 0.3) is 0 Å². The zero-order chi connectivity index (χ0) is 10.1. The fourth-order valence-electron chi connectivity index (χ4n) is 0.599. The molecular weight excluding hydrogens is 240 g/mol. The van der Waals surface area contributed by atoms with Gasteiger partial charge in [-0.3, -0.25) is 10.2 Å². The number of H-pyrrole nitrogens is 2. The van der Waals surface area contributed by atoms with Crippen LogP contribution in [0.4, 0.5) is 0 Å². The number of rotatable bonds is 3. The predicted molar refractivity (Wildman–Crippen MR) is 68.1 cm³/mol. The van der Waals surface area contributed by atoms with Gasteiger partial charge in [0.15, 0.2) is 7.91 Å². The third-order valence-corrected chi connectivity index (χ3v) is 2.81. The summed E-state index contributed by atoms with van der Waals surface area (Å²) in [5.74, 6) is 1.05. The van der Waals surface area contributed by atoms with Crippen LogP contribution in [0.1, 0.15) is 26.2 Å². The minimum absolute atomic E-state index is 0.699. The molecule has 0 saturated carbocycles. The lowest BCUT2D eigenvalue weighted by Gasteiger charge is -1.85. The first kappa shape index (κ1) is 13.4. The lowest BCUT2D eigenvalue weighted by atomic mass is 10.3. The van der Waals surface area contributed by atoms with Crippen molar-refractivity contribution in [2.75, 3.05) is 5.75 Å². The molecule has 0 atom stereocenters. The van der Waals surface area contributed by atoms with Crippen molar-refractivity contribution in [2.45, 2.75) is 26.2 Å². The van der Waals surface area contributed by atoms with E-state index < -0.39 is 0 Å². The minimum atomic E-state index is 0.699. The molecule has 0 spiro atoms. The minimum Gasteiger partial charge on any atom is -0.281 e. The summed E-state index contributed by atoms with van der Waals surface area (Å²) >= 11 is 14.8. The van der Waals surface area contributed by atoms with Crippen LogP contribution in [0.2, 0.25) is 0 Å². The Labute approximate surface area is 98.2 Å². The Morgan fingerprint density at radius 3 is 1.92 bits per heavy atom. The molecule has 0 aliphatic heterocycles. The average Bonchev–Trinajstić information content (AvgIpc) is 2.47. The van der Waals surface area contributed by atoms with E-state index in [0.29, 0.717) is 7.91 Å². The molecule has 0 fully saturated rings. The van der Waals surface area contributed by atoms with Crippen LogP contribution in [0, 0.1) is 7.91 Å². The first-order chi connectivity index (χ1) is 6.20. The molecule has 0 radical (unpaired) electrons. The second kappa shape index (κ2) is 8.93. The van der Waals surface area contributed by atoms with Crippen LogP contribution in [-0.4, -0.2) is 16.0 Å². The lowest BCUT2D eigenvalue weighted by molar-refractivity contribution is 0.780. The van der Waals surface area contributed by atoms with Gasteiger partial charge in [0.2, 0.25) is 0 Å². The van der Waals surface area contributed by atoms with Crippen molar-refractivity contribution < 1.29 is 0 Å². The topological polar surface area (TPSA) is 31.6 Å². The summed E-state index contributed by atoms with van der Waals surface area (Å²) in [4.78, 5) is 0. The van der Waals surface area contributed by atoms with Crippen molar-refractivity contribution >= 4 is 48.4 Å². The Morgan fingerprint density at radius 1 is 1.23 bits per heavy atom. The van der Waals surface area contributed by atoms with Crippen molar-refractivity contribution in [1.29, 1.82) is 0 Å². The highest BCUT2D eigenvalue weighted by Gasteiger charge is 1.76. The molecule has 0 aliphatic rings. The summed E-state index contributed by atoms with van der Waals surface area (Å²) in [6.07, 6.45) is 3.92. The maximum absolute atomic E-state index is 4.70. The number of thiol groups is 1. The second-order valence-corrected chi connectivity index (χ2v) is 5.16. The van der Waals surface area contributed by atoms with Crippen LogP contribution < -0.4 is 0 Å².